The Hall–Kier alpha value is -3.01. The number of benzene rings is 1. The van der Waals surface area contributed by atoms with Crippen molar-refractivity contribution in [2.75, 3.05) is 11.5 Å². The van der Waals surface area contributed by atoms with Gasteiger partial charge >= 0.3 is 5.97 Å². The molecule has 2 aliphatic heterocycles. The number of Topliss-reactive ketones (excluding diaryl/α,β-unsaturated/α-hetero) is 1. The molecule has 164 valence electrons. The normalized spacial score (nSPS) is 21.7. The Morgan fingerprint density at radius 1 is 1.26 bits per heavy atom. The summed E-state index contributed by atoms with van der Waals surface area (Å²) in [6, 6.07) is 6.80. The maximum atomic E-state index is 13.0. The highest BCUT2D eigenvalue weighted by atomic mass is 32.2. The minimum atomic E-state index is -3.21. The second-order valence-corrected chi connectivity index (χ2v) is 10.2. The van der Waals surface area contributed by atoms with Gasteiger partial charge in [0.25, 0.3) is 0 Å². The SMILES string of the molecule is Cc1[nH]c2ccccc2c1C(=O)C(C)OC(=O)C1=NN(C2CCS(=O)(=O)C2)C(=O)CC1. The van der Waals surface area contributed by atoms with E-state index in [4.69, 9.17) is 4.74 Å². The summed E-state index contributed by atoms with van der Waals surface area (Å²) in [4.78, 5) is 41.0. The van der Waals surface area contributed by atoms with Gasteiger partial charge in [-0.2, -0.15) is 5.10 Å². The van der Waals surface area contributed by atoms with Crippen molar-refractivity contribution in [1.29, 1.82) is 0 Å². The van der Waals surface area contributed by atoms with E-state index in [1.807, 2.05) is 24.3 Å². The predicted octanol–water partition coefficient (Wildman–Crippen LogP) is 1.76. The molecule has 4 rings (SSSR count). The van der Waals surface area contributed by atoms with Crippen molar-refractivity contribution < 1.29 is 27.5 Å². The number of hydrogen-bond donors (Lipinski definition) is 1. The van der Waals surface area contributed by atoms with E-state index >= 15 is 0 Å². The Labute approximate surface area is 179 Å². The van der Waals surface area contributed by atoms with Crippen LogP contribution < -0.4 is 0 Å². The van der Waals surface area contributed by atoms with Gasteiger partial charge < -0.3 is 9.72 Å². The number of hydrazone groups is 1. The van der Waals surface area contributed by atoms with Crippen LogP contribution in [-0.4, -0.2) is 65.4 Å². The number of aryl methyl sites for hydroxylation is 1. The van der Waals surface area contributed by atoms with Crippen molar-refractivity contribution in [2.45, 2.75) is 45.3 Å². The summed E-state index contributed by atoms with van der Waals surface area (Å²) in [6.07, 6.45) is -0.644. The fraction of sp³-hybridized carbons (Fsp3) is 0.429. The van der Waals surface area contributed by atoms with Crippen molar-refractivity contribution in [3.05, 3.63) is 35.5 Å². The maximum absolute atomic E-state index is 13.0. The van der Waals surface area contributed by atoms with E-state index in [1.54, 1.807) is 6.92 Å². The molecule has 0 bridgehead atoms. The summed E-state index contributed by atoms with van der Waals surface area (Å²) in [5.74, 6) is -1.62. The van der Waals surface area contributed by atoms with Gasteiger partial charge in [0, 0.05) is 35.0 Å². The molecule has 2 atom stereocenters. The number of para-hydroxylation sites is 1. The van der Waals surface area contributed by atoms with Crippen LogP contribution in [0.1, 0.15) is 42.2 Å². The zero-order chi connectivity index (χ0) is 22.3. The number of rotatable bonds is 5. The number of ether oxygens (including phenoxy) is 1. The summed E-state index contributed by atoms with van der Waals surface area (Å²) in [5, 5.41) is 5.95. The molecule has 1 aromatic carbocycles. The molecular weight excluding hydrogens is 422 g/mol. The van der Waals surface area contributed by atoms with E-state index in [0.29, 0.717) is 11.3 Å². The molecule has 10 heteroatoms. The number of fused-ring (bicyclic) bond motifs is 1. The third-order valence-corrected chi connectivity index (χ3v) is 7.39. The molecule has 0 spiro atoms. The standard InChI is InChI=1S/C21H23N3O6S/c1-12-19(15-5-3-4-6-16(15)22-12)20(26)13(2)30-21(27)17-7-8-18(25)24(23-17)14-9-10-31(28,29)11-14/h3-6,13-14,22H,7-11H2,1-2H3. The number of amides is 1. The van der Waals surface area contributed by atoms with Crippen LogP contribution in [0.25, 0.3) is 10.9 Å². The molecular formula is C21H23N3O6S. The molecule has 31 heavy (non-hydrogen) atoms. The number of ketones is 1. The number of aromatic amines is 1. The van der Waals surface area contributed by atoms with Crippen LogP contribution in [0.15, 0.2) is 29.4 Å². The average Bonchev–Trinajstić information content (AvgIpc) is 3.25. The first-order valence-electron chi connectivity index (χ1n) is 10.1. The fourth-order valence-corrected chi connectivity index (χ4v) is 5.74. The Kier molecular flexibility index (Phi) is 5.42. The summed E-state index contributed by atoms with van der Waals surface area (Å²) in [7, 11) is -3.21. The first kappa shape index (κ1) is 21.2. The Morgan fingerprint density at radius 2 is 2.00 bits per heavy atom. The number of nitrogens with one attached hydrogen (secondary N) is 1. The number of sulfone groups is 1. The van der Waals surface area contributed by atoms with Gasteiger partial charge in [0.2, 0.25) is 11.7 Å². The Morgan fingerprint density at radius 3 is 2.71 bits per heavy atom. The molecule has 1 amide bonds. The molecule has 0 radical (unpaired) electrons. The first-order valence-corrected chi connectivity index (χ1v) is 11.9. The second kappa shape index (κ2) is 7.92. The highest BCUT2D eigenvalue weighted by molar-refractivity contribution is 7.91. The van der Waals surface area contributed by atoms with Crippen LogP contribution in [0.5, 0.6) is 0 Å². The molecule has 0 aliphatic carbocycles. The summed E-state index contributed by atoms with van der Waals surface area (Å²) < 4.78 is 28.9. The summed E-state index contributed by atoms with van der Waals surface area (Å²) in [5.41, 5.74) is 1.98. The Bertz CT molecular complexity index is 1210. The molecule has 9 nitrogen and oxygen atoms in total. The molecule has 1 saturated heterocycles. The topological polar surface area (TPSA) is 126 Å². The molecule has 1 fully saturated rings. The highest BCUT2D eigenvalue weighted by Crippen LogP contribution is 2.25. The van der Waals surface area contributed by atoms with Gasteiger partial charge in [-0.25, -0.2) is 18.2 Å². The van der Waals surface area contributed by atoms with Crippen LogP contribution in [0, 0.1) is 6.92 Å². The highest BCUT2D eigenvalue weighted by Gasteiger charge is 2.38. The van der Waals surface area contributed by atoms with Gasteiger partial charge in [-0.1, -0.05) is 18.2 Å². The predicted molar refractivity (Wildman–Crippen MR) is 113 cm³/mol. The quantitative estimate of drug-likeness (QED) is 0.552. The van der Waals surface area contributed by atoms with E-state index in [0.717, 1.165) is 15.9 Å². The number of aromatic nitrogens is 1. The van der Waals surface area contributed by atoms with Crippen LogP contribution in [0.4, 0.5) is 0 Å². The first-order chi connectivity index (χ1) is 14.7. The monoisotopic (exact) mass is 445 g/mol. The van der Waals surface area contributed by atoms with Gasteiger partial charge in [-0.15, -0.1) is 0 Å². The van der Waals surface area contributed by atoms with E-state index < -0.39 is 28.0 Å². The van der Waals surface area contributed by atoms with Crippen LogP contribution >= 0.6 is 0 Å². The molecule has 1 aromatic heterocycles. The van der Waals surface area contributed by atoms with Crippen molar-refractivity contribution in [3.63, 3.8) is 0 Å². The lowest BCUT2D eigenvalue weighted by atomic mass is 10.0. The number of esters is 1. The number of carbonyl (C=O) groups excluding carboxylic acids is 3. The average molecular weight is 445 g/mol. The number of nitrogens with zero attached hydrogens (tertiary/aromatic N) is 2. The third-order valence-electron chi connectivity index (χ3n) is 5.64. The third kappa shape index (κ3) is 4.12. The zero-order valence-corrected chi connectivity index (χ0v) is 18.1. The van der Waals surface area contributed by atoms with Crippen molar-refractivity contribution in [3.8, 4) is 0 Å². The lowest BCUT2D eigenvalue weighted by molar-refractivity contribution is -0.139. The molecule has 0 saturated carbocycles. The lowest BCUT2D eigenvalue weighted by Gasteiger charge is -2.27. The van der Waals surface area contributed by atoms with Crippen molar-refractivity contribution in [1.82, 2.24) is 9.99 Å². The van der Waals surface area contributed by atoms with E-state index in [2.05, 4.69) is 10.1 Å². The number of carbonyl (C=O) groups is 3. The van der Waals surface area contributed by atoms with Crippen LogP contribution in [-0.2, 0) is 24.2 Å². The van der Waals surface area contributed by atoms with E-state index in [1.165, 1.54) is 6.92 Å². The minimum absolute atomic E-state index is 0.00768. The molecule has 2 unspecified atom stereocenters. The molecule has 1 N–H and O–H groups in total. The van der Waals surface area contributed by atoms with Crippen LogP contribution in [0.3, 0.4) is 0 Å². The summed E-state index contributed by atoms with van der Waals surface area (Å²) in [6.45, 7) is 3.28. The lowest BCUT2D eigenvalue weighted by Crippen LogP contribution is -2.42. The van der Waals surface area contributed by atoms with Crippen molar-refractivity contribution in [2.24, 2.45) is 5.10 Å². The zero-order valence-electron chi connectivity index (χ0n) is 17.3. The summed E-state index contributed by atoms with van der Waals surface area (Å²) >= 11 is 0. The van der Waals surface area contributed by atoms with Crippen LogP contribution in [0.2, 0.25) is 0 Å². The maximum Gasteiger partial charge on any atom is 0.355 e. The smallest absolute Gasteiger partial charge is 0.355 e. The largest absolute Gasteiger partial charge is 0.450 e. The minimum Gasteiger partial charge on any atom is -0.450 e. The number of H-pyrrole nitrogens is 1. The Balaban J connectivity index is 1.50. The van der Waals surface area contributed by atoms with Gasteiger partial charge in [0.05, 0.1) is 17.5 Å². The second-order valence-electron chi connectivity index (χ2n) is 7.92. The van der Waals surface area contributed by atoms with Crippen molar-refractivity contribution >= 4 is 44.1 Å². The molecule has 3 heterocycles. The molecule has 2 aliphatic rings. The van der Waals surface area contributed by atoms with Gasteiger partial charge in [-0.05, 0) is 26.3 Å². The fourth-order valence-electron chi connectivity index (χ4n) is 4.05. The van der Waals surface area contributed by atoms with E-state index in [-0.39, 0.29) is 48.2 Å². The van der Waals surface area contributed by atoms with Gasteiger partial charge in [0.1, 0.15) is 5.71 Å². The number of hydrogen-bond acceptors (Lipinski definition) is 7. The van der Waals surface area contributed by atoms with E-state index in [9.17, 15) is 22.8 Å². The van der Waals surface area contributed by atoms with Gasteiger partial charge in [-0.3, -0.25) is 9.59 Å². The van der Waals surface area contributed by atoms with Gasteiger partial charge in [0.15, 0.2) is 15.9 Å². The molecule has 2 aromatic rings.